The van der Waals surface area contributed by atoms with Crippen molar-refractivity contribution >= 4 is 38.1 Å². The average Bonchev–Trinajstić information content (AvgIpc) is 2.49. The highest BCUT2D eigenvalue weighted by molar-refractivity contribution is 9.10. The van der Waals surface area contributed by atoms with Gasteiger partial charge >= 0.3 is 0 Å². The van der Waals surface area contributed by atoms with Crippen molar-refractivity contribution in [2.45, 2.75) is 0 Å². The van der Waals surface area contributed by atoms with Crippen LogP contribution >= 0.6 is 27.3 Å². The second kappa shape index (κ2) is 4.24. The van der Waals surface area contributed by atoms with Crippen LogP contribution < -0.4 is 5.32 Å². The predicted molar refractivity (Wildman–Crippen MR) is 59.5 cm³/mol. The van der Waals surface area contributed by atoms with Gasteiger partial charge in [0.1, 0.15) is 16.2 Å². The van der Waals surface area contributed by atoms with Gasteiger partial charge in [-0.15, -0.1) is 11.3 Å². The minimum Gasteiger partial charge on any atom is -0.331 e. The maximum Gasteiger partial charge on any atom is 0.188 e. The molecule has 0 amide bonds. The molecular formula is C9H5BrF2N2S. The zero-order valence-electron chi connectivity index (χ0n) is 7.30. The Labute approximate surface area is 97.1 Å². The van der Waals surface area contributed by atoms with Crippen molar-refractivity contribution in [3.63, 3.8) is 0 Å². The second-order valence-corrected chi connectivity index (χ2v) is 4.43. The summed E-state index contributed by atoms with van der Waals surface area (Å²) < 4.78 is 26.3. The van der Waals surface area contributed by atoms with Gasteiger partial charge in [-0.05, 0) is 28.1 Å². The zero-order valence-corrected chi connectivity index (χ0v) is 9.70. The Morgan fingerprint density at radius 3 is 2.40 bits per heavy atom. The van der Waals surface area contributed by atoms with E-state index in [-0.39, 0.29) is 0 Å². The first-order chi connectivity index (χ1) is 7.13. The molecule has 0 unspecified atom stereocenters. The highest BCUT2D eigenvalue weighted by Crippen LogP contribution is 2.24. The number of hydrogen-bond donors (Lipinski definition) is 1. The maximum atomic E-state index is 12.8. The van der Waals surface area contributed by atoms with E-state index in [4.69, 9.17) is 0 Å². The monoisotopic (exact) mass is 290 g/mol. The van der Waals surface area contributed by atoms with Crippen molar-refractivity contribution in [3.8, 4) is 0 Å². The van der Waals surface area contributed by atoms with Crippen LogP contribution in [0.25, 0.3) is 0 Å². The third-order valence-corrected chi connectivity index (χ3v) is 3.06. The van der Waals surface area contributed by atoms with Crippen LogP contribution in [0, 0.1) is 11.6 Å². The van der Waals surface area contributed by atoms with E-state index in [2.05, 4.69) is 26.2 Å². The van der Waals surface area contributed by atoms with Crippen LogP contribution in [-0.2, 0) is 0 Å². The molecule has 0 bridgehead atoms. The Morgan fingerprint density at radius 2 is 1.87 bits per heavy atom. The highest BCUT2D eigenvalue weighted by atomic mass is 79.9. The number of anilines is 2. The molecule has 0 atom stereocenters. The molecule has 0 saturated heterocycles. The van der Waals surface area contributed by atoms with E-state index in [0.717, 1.165) is 6.07 Å². The van der Waals surface area contributed by atoms with Gasteiger partial charge in [0.15, 0.2) is 5.13 Å². The van der Waals surface area contributed by atoms with Gasteiger partial charge in [-0.2, -0.15) is 0 Å². The Balaban J connectivity index is 2.24. The van der Waals surface area contributed by atoms with Gasteiger partial charge in [-0.25, -0.2) is 13.8 Å². The summed E-state index contributed by atoms with van der Waals surface area (Å²) in [5, 5.41) is 5.16. The maximum absolute atomic E-state index is 12.8. The first-order valence-corrected chi connectivity index (χ1v) is 5.65. The van der Waals surface area contributed by atoms with Gasteiger partial charge in [-0.1, -0.05) is 0 Å². The first kappa shape index (κ1) is 10.5. The van der Waals surface area contributed by atoms with Crippen LogP contribution in [0.3, 0.4) is 0 Å². The number of hydrogen-bond acceptors (Lipinski definition) is 3. The third kappa shape index (κ3) is 2.73. The van der Waals surface area contributed by atoms with Crippen molar-refractivity contribution in [2.75, 3.05) is 5.32 Å². The number of thiazole rings is 1. The summed E-state index contributed by atoms with van der Waals surface area (Å²) >= 11 is 4.53. The average molecular weight is 291 g/mol. The predicted octanol–water partition coefficient (Wildman–Crippen LogP) is 3.93. The van der Waals surface area contributed by atoms with E-state index in [1.807, 2.05) is 0 Å². The van der Waals surface area contributed by atoms with Gasteiger partial charge in [0, 0.05) is 17.1 Å². The first-order valence-electron chi connectivity index (χ1n) is 3.97. The molecule has 2 rings (SSSR count). The van der Waals surface area contributed by atoms with E-state index in [1.54, 1.807) is 5.38 Å². The second-order valence-electron chi connectivity index (χ2n) is 2.76. The smallest absolute Gasteiger partial charge is 0.188 e. The molecule has 0 aliphatic rings. The summed E-state index contributed by atoms with van der Waals surface area (Å²) in [6.45, 7) is 0. The third-order valence-electron chi connectivity index (χ3n) is 1.59. The molecule has 0 radical (unpaired) electrons. The standard InChI is InChI=1S/C9H5BrF2N2S/c10-8-4-15-9(14-8)13-7-2-5(11)1-6(12)3-7/h1-4H,(H,13,14). The van der Waals surface area contributed by atoms with Gasteiger partial charge in [-0.3, -0.25) is 0 Å². The van der Waals surface area contributed by atoms with Crippen molar-refractivity contribution in [1.82, 2.24) is 4.98 Å². The van der Waals surface area contributed by atoms with E-state index in [1.165, 1.54) is 23.5 Å². The number of aromatic nitrogens is 1. The van der Waals surface area contributed by atoms with Crippen LogP contribution in [0.1, 0.15) is 0 Å². The molecule has 0 spiro atoms. The molecule has 2 nitrogen and oxygen atoms in total. The van der Waals surface area contributed by atoms with Crippen molar-refractivity contribution in [2.24, 2.45) is 0 Å². The number of rotatable bonds is 2. The Hall–Kier alpha value is -1.01. The number of nitrogens with zero attached hydrogens (tertiary/aromatic N) is 1. The van der Waals surface area contributed by atoms with Crippen LogP contribution in [0.5, 0.6) is 0 Å². The molecule has 2 aromatic rings. The molecule has 1 aromatic carbocycles. The van der Waals surface area contributed by atoms with Crippen LogP contribution in [0.2, 0.25) is 0 Å². The topological polar surface area (TPSA) is 24.9 Å². The fraction of sp³-hybridized carbons (Fsp3) is 0. The zero-order chi connectivity index (χ0) is 10.8. The van der Waals surface area contributed by atoms with Gasteiger partial charge < -0.3 is 5.32 Å². The van der Waals surface area contributed by atoms with Crippen molar-refractivity contribution in [3.05, 3.63) is 39.8 Å². The van der Waals surface area contributed by atoms with Crippen LogP contribution in [0.15, 0.2) is 28.2 Å². The summed E-state index contributed by atoms with van der Waals surface area (Å²) in [5.41, 5.74) is 0.342. The quantitative estimate of drug-likeness (QED) is 0.907. The van der Waals surface area contributed by atoms with E-state index >= 15 is 0 Å². The molecule has 1 heterocycles. The van der Waals surface area contributed by atoms with Gasteiger partial charge in [0.05, 0.1) is 0 Å². The normalized spacial score (nSPS) is 10.3. The molecule has 0 aliphatic carbocycles. The van der Waals surface area contributed by atoms with E-state index < -0.39 is 11.6 Å². The number of halogens is 3. The largest absolute Gasteiger partial charge is 0.331 e. The molecule has 15 heavy (non-hydrogen) atoms. The lowest BCUT2D eigenvalue weighted by atomic mass is 10.3. The van der Waals surface area contributed by atoms with Gasteiger partial charge in [0.25, 0.3) is 0 Å². The van der Waals surface area contributed by atoms with Crippen LogP contribution in [0.4, 0.5) is 19.6 Å². The number of benzene rings is 1. The van der Waals surface area contributed by atoms with Gasteiger partial charge in [0.2, 0.25) is 0 Å². The lowest BCUT2D eigenvalue weighted by Crippen LogP contribution is -1.91. The summed E-state index contributed by atoms with van der Waals surface area (Å²) in [6.07, 6.45) is 0. The highest BCUT2D eigenvalue weighted by Gasteiger charge is 2.03. The summed E-state index contributed by atoms with van der Waals surface area (Å²) in [7, 11) is 0. The Morgan fingerprint density at radius 1 is 1.20 bits per heavy atom. The van der Waals surface area contributed by atoms with Crippen molar-refractivity contribution in [1.29, 1.82) is 0 Å². The molecule has 0 saturated carbocycles. The van der Waals surface area contributed by atoms with Crippen molar-refractivity contribution < 1.29 is 8.78 Å². The fourth-order valence-electron chi connectivity index (χ4n) is 1.06. The van der Waals surface area contributed by atoms with Crippen LogP contribution in [-0.4, -0.2) is 4.98 Å². The molecule has 0 aliphatic heterocycles. The Bertz CT molecular complexity index is 466. The van der Waals surface area contributed by atoms with E-state index in [9.17, 15) is 8.78 Å². The molecule has 6 heteroatoms. The molecule has 78 valence electrons. The molecule has 1 aromatic heterocycles. The SMILES string of the molecule is Fc1cc(F)cc(Nc2nc(Br)cs2)c1. The molecule has 1 N–H and O–H groups in total. The number of nitrogens with one attached hydrogen (secondary N) is 1. The fourth-order valence-corrected chi connectivity index (χ4v) is 2.23. The summed E-state index contributed by atoms with van der Waals surface area (Å²) in [4.78, 5) is 4.04. The minimum atomic E-state index is -0.617. The minimum absolute atomic E-state index is 0.342. The summed E-state index contributed by atoms with van der Waals surface area (Å²) in [5.74, 6) is -1.23. The molecule has 0 fully saturated rings. The van der Waals surface area contributed by atoms with E-state index in [0.29, 0.717) is 15.4 Å². The summed E-state index contributed by atoms with van der Waals surface area (Å²) in [6, 6.07) is 3.24. The molecular weight excluding hydrogens is 286 g/mol. The lowest BCUT2D eigenvalue weighted by Gasteiger charge is -2.02. The lowest BCUT2D eigenvalue weighted by molar-refractivity contribution is 0.584. The Kier molecular flexibility index (Phi) is 2.97.